The van der Waals surface area contributed by atoms with Crippen LogP contribution in [0.3, 0.4) is 0 Å². The van der Waals surface area contributed by atoms with E-state index in [1.807, 2.05) is 9.80 Å². The Bertz CT molecular complexity index is 1570. The van der Waals surface area contributed by atoms with E-state index in [1.165, 1.54) is 30.6 Å². The fraction of sp³-hybridized carbons (Fsp3) is 0.286. The Morgan fingerprint density at radius 2 is 1.75 bits per heavy atom. The maximum absolute atomic E-state index is 15.1. The number of carbonyl (C=O) groups excluding carboxylic acids is 1. The van der Waals surface area contributed by atoms with Crippen molar-refractivity contribution in [2.45, 2.75) is 18.9 Å². The van der Waals surface area contributed by atoms with E-state index in [0.29, 0.717) is 37.4 Å². The highest BCUT2D eigenvalue weighted by Gasteiger charge is 2.28. The van der Waals surface area contributed by atoms with E-state index in [1.54, 1.807) is 10.6 Å². The van der Waals surface area contributed by atoms with Gasteiger partial charge in [0.1, 0.15) is 23.0 Å². The third-order valence-corrected chi connectivity index (χ3v) is 6.96. The van der Waals surface area contributed by atoms with Crippen molar-refractivity contribution in [3.8, 4) is 0 Å². The van der Waals surface area contributed by atoms with E-state index in [0.717, 1.165) is 31.0 Å². The summed E-state index contributed by atoms with van der Waals surface area (Å²) in [5, 5.41) is 13.2. The summed E-state index contributed by atoms with van der Waals surface area (Å²) < 4.78 is 44.1. The minimum absolute atomic E-state index is 0.0396. The van der Waals surface area contributed by atoms with Crippen LogP contribution in [0, 0.1) is 17.5 Å². The van der Waals surface area contributed by atoms with Gasteiger partial charge < -0.3 is 14.6 Å². The first kappa shape index (κ1) is 27.1. The van der Waals surface area contributed by atoms with Gasteiger partial charge in [-0.25, -0.2) is 23.4 Å². The first-order chi connectivity index (χ1) is 19.2. The highest BCUT2D eigenvalue weighted by atomic mass is 19.1. The van der Waals surface area contributed by atoms with Crippen molar-refractivity contribution < 1.29 is 27.9 Å². The van der Waals surface area contributed by atoms with Gasteiger partial charge in [-0.3, -0.25) is 14.5 Å². The molecule has 1 saturated heterocycles. The summed E-state index contributed by atoms with van der Waals surface area (Å²) >= 11 is 0. The minimum Gasteiger partial charge on any atom is -0.477 e. The monoisotopic (exact) mass is 553 g/mol. The molecule has 2 aromatic carbocycles. The Labute approximate surface area is 226 Å². The minimum atomic E-state index is -1.34. The molecule has 0 spiro atoms. The quantitative estimate of drug-likeness (QED) is 0.327. The first-order valence-electron chi connectivity index (χ1n) is 12.7. The van der Waals surface area contributed by atoms with Gasteiger partial charge in [0, 0.05) is 55.6 Å². The third kappa shape index (κ3) is 5.76. The Hall–Kier alpha value is -4.45. The molecule has 1 aliphatic carbocycles. The first-order valence-corrected chi connectivity index (χ1v) is 12.7. The van der Waals surface area contributed by atoms with Crippen molar-refractivity contribution in [2.24, 2.45) is 5.10 Å². The van der Waals surface area contributed by atoms with E-state index in [2.05, 4.69) is 10.5 Å². The van der Waals surface area contributed by atoms with Crippen LogP contribution in [0.2, 0.25) is 0 Å². The number of anilines is 1. The molecule has 0 bridgehead atoms. The van der Waals surface area contributed by atoms with Crippen molar-refractivity contribution >= 4 is 40.8 Å². The van der Waals surface area contributed by atoms with E-state index in [-0.39, 0.29) is 35.0 Å². The second kappa shape index (κ2) is 11.3. The number of aromatic carboxylic acids is 1. The number of piperazine rings is 1. The Kier molecular flexibility index (Phi) is 7.69. The molecule has 0 radical (unpaired) electrons. The molecule has 2 fully saturated rings. The topological polar surface area (TPSA) is 107 Å². The molecular formula is C28H26F3N5O4. The van der Waals surface area contributed by atoms with Crippen molar-refractivity contribution in [2.75, 3.05) is 37.6 Å². The summed E-state index contributed by atoms with van der Waals surface area (Å²) in [6.07, 6.45) is 6.79. The number of fused-ring (bicyclic) bond motifs is 1. The van der Waals surface area contributed by atoms with Crippen molar-refractivity contribution in [1.82, 2.24) is 14.9 Å². The Balaban J connectivity index is 1.20. The smallest absolute Gasteiger partial charge is 0.341 e. The molecular weight excluding hydrogens is 527 g/mol. The zero-order chi connectivity index (χ0) is 28.4. The van der Waals surface area contributed by atoms with Crippen LogP contribution >= 0.6 is 0 Å². The average Bonchev–Trinajstić information content (AvgIpc) is 3.76. The molecule has 5 rings (SSSR count). The number of carboxylic acids is 1. The van der Waals surface area contributed by atoms with E-state index < -0.39 is 28.8 Å². The summed E-state index contributed by atoms with van der Waals surface area (Å²) in [6.45, 7) is 1.84. The van der Waals surface area contributed by atoms with Crippen LogP contribution in [0.5, 0.6) is 0 Å². The summed E-state index contributed by atoms with van der Waals surface area (Å²) in [7, 11) is 0. The Morgan fingerprint density at radius 3 is 2.40 bits per heavy atom. The molecule has 0 atom stereocenters. The second-order valence-corrected chi connectivity index (χ2v) is 9.71. The van der Waals surface area contributed by atoms with Gasteiger partial charge >= 0.3 is 5.97 Å². The fourth-order valence-corrected chi connectivity index (χ4v) is 4.75. The highest BCUT2D eigenvalue weighted by molar-refractivity contribution is 5.93. The molecule has 2 N–H and O–H groups in total. The molecule has 12 heteroatoms. The van der Waals surface area contributed by atoms with Crippen LogP contribution in [0.4, 0.5) is 18.9 Å². The average molecular weight is 554 g/mol. The van der Waals surface area contributed by atoms with Gasteiger partial charge in [-0.2, -0.15) is 5.10 Å². The Morgan fingerprint density at radius 1 is 1.05 bits per heavy atom. The van der Waals surface area contributed by atoms with Crippen LogP contribution in [0.15, 0.2) is 52.5 Å². The molecule has 208 valence electrons. The lowest BCUT2D eigenvalue weighted by Gasteiger charge is -2.35. The third-order valence-electron chi connectivity index (χ3n) is 6.96. The molecule has 3 aromatic rings. The number of halogens is 3. The number of hydrogen-bond donors (Lipinski definition) is 2. The zero-order valence-corrected chi connectivity index (χ0v) is 21.3. The molecule has 2 heterocycles. The molecule has 0 unspecified atom stereocenters. The number of hydrogen-bond acceptors (Lipinski definition) is 6. The van der Waals surface area contributed by atoms with Gasteiger partial charge in [-0.15, -0.1) is 0 Å². The normalized spacial score (nSPS) is 16.3. The number of hydrazone groups is 1. The molecule has 1 saturated carbocycles. The van der Waals surface area contributed by atoms with Crippen LogP contribution in [0.25, 0.3) is 17.0 Å². The molecule has 1 aliphatic heterocycles. The van der Waals surface area contributed by atoms with Crippen molar-refractivity contribution in [3.05, 3.63) is 81.4 Å². The van der Waals surface area contributed by atoms with Crippen LogP contribution in [-0.2, 0) is 4.79 Å². The molecule has 2 aliphatic rings. The fourth-order valence-electron chi connectivity index (χ4n) is 4.75. The summed E-state index contributed by atoms with van der Waals surface area (Å²) in [5.41, 5.74) is 1.88. The molecule has 9 nitrogen and oxygen atoms in total. The number of nitrogens with one attached hydrogen (secondary N) is 1. The highest BCUT2D eigenvalue weighted by Crippen LogP contribution is 2.38. The SMILES string of the molecule is O=C(CN1CCN(c2cc3c(cc2F)c(=O)c(C(=O)O)cn3C2CC2)CC1)N/N=C/C=C/c1c(F)cccc1F. The number of carbonyl (C=O) groups is 2. The van der Waals surface area contributed by atoms with Gasteiger partial charge in [-0.1, -0.05) is 6.07 Å². The number of allylic oxidation sites excluding steroid dienone is 1. The van der Waals surface area contributed by atoms with E-state index >= 15 is 4.39 Å². The lowest BCUT2D eigenvalue weighted by molar-refractivity contribution is -0.122. The molecule has 1 amide bonds. The lowest BCUT2D eigenvalue weighted by atomic mass is 10.1. The summed E-state index contributed by atoms with van der Waals surface area (Å²) in [4.78, 5) is 40.2. The predicted octanol–water partition coefficient (Wildman–Crippen LogP) is 3.39. The summed E-state index contributed by atoms with van der Waals surface area (Å²) in [6, 6.07) is 6.34. The number of rotatable bonds is 8. The van der Waals surface area contributed by atoms with Crippen LogP contribution in [-0.4, -0.2) is 65.4 Å². The number of aromatic nitrogens is 1. The lowest BCUT2D eigenvalue weighted by Crippen LogP contribution is -2.49. The number of amides is 1. The van der Waals surface area contributed by atoms with Gasteiger partial charge in [0.15, 0.2) is 0 Å². The molecule has 40 heavy (non-hydrogen) atoms. The van der Waals surface area contributed by atoms with Gasteiger partial charge in [0.05, 0.1) is 17.7 Å². The zero-order valence-electron chi connectivity index (χ0n) is 21.3. The number of pyridine rings is 1. The number of benzene rings is 2. The number of nitrogens with zero attached hydrogens (tertiary/aromatic N) is 4. The van der Waals surface area contributed by atoms with E-state index in [9.17, 15) is 28.3 Å². The van der Waals surface area contributed by atoms with Gasteiger partial charge in [0.2, 0.25) is 5.43 Å². The standard InChI is InChI=1S/C28H26F3N5O4/c29-21-4-1-5-22(30)18(21)3-2-8-32-33-26(37)16-34-9-11-35(12-10-34)25-14-24-19(13-23(25)31)27(38)20(28(39)40)15-36(24)17-6-7-17/h1-5,8,13-15,17H,6-7,9-12,16H2,(H,33,37)(H,39,40)/b3-2+,32-8+. The van der Waals surface area contributed by atoms with Crippen molar-refractivity contribution in [3.63, 3.8) is 0 Å². The van der Waals surface area contributed by atoms with Gasteiger partial charge in [-0.05, 0) is 49.3 Å². The van der Waals surface area contributed by atoms with E-state index in [4.69, 9.17) is 0 Å². The van der Waals surface area contributed by atoms with Crippen molar-refractivity contribution in [1.29, 1.82) is 0 Å². The summed E-state index contributed by atoms with van der Waals surface area (Å²) in [5.74, 6) is -3.75. The largest absolute Gasteiger partial charge is 0.477 e. The maximum Gasteiger partial charge on any atom is 0.341 e. The van der Waals surface area contributed by atoms with Crippen LogP contribution < -0.4 is 15.8 Å². The second-order valence-electron chi connectivity index (χ2n) is 9.71. The molecule has 1 aromatic heterocycles. The predicted molar refractivity (Wildman–Crippen MR) is 144 cm³/mol. The van der Waals surface area contributed by atoms with Gasteiger partial charge in [0.25, 0.3) is 5.91 Å². The van der Waals surface area contributed by atoms with Crippen LogP contribution in [0.1, 0.15) is 34.8 Å². The number of carboxylic acid groups (broad SMARTS) is 1. The maximum atomic E-state index is 15.1.